The van der Waals surface area contributed by atoms with Gasteiger partial charge in [0.1, 0.15) is 5.82 Å². The molecule has 0 aliphatic rings. The maximum absolute atomic E-state index is 13.1. The lowest BCUT2D eigenvalue weighted by molar-refractivity contribution is -0.140. The van der Waals surface area contributed by atoms with Crippen molar-refractivity contribution in [3.63, 3.8) is 0 Å². The molecule has 0 saturated carbocycles. The molecule has 0 atom stereocenters. The van der Waals surface area contributed by atoms with E-state index in [1.807, 2.05) is 12.3 Å². The van der Waals surface area contributed by atoms with Crippen molar-refractivity contribution in [2.75, 3.05) is 0 Å². The molecule has 0 aliphatic heterocycles. The molecule has 0 fully saturated rings. The number of nitrogens with one attached hydrogen (secondary N) is 1. The Morgan fingerprint density at radius 1 is 1.25 bits per heavy atom. The summed E-state index contributed by atoms with van der Waals surface area (Å²) < 4.78 is 50.8. The topological polar surface area (TPSA) is 24.9 Å². The first kappa shape index (κ1) is 14.9. The van der Waals surface area contributed by atoms with Crippen LogP contribution in [-0.4, -0.2) is 4.98 Å². The highest BCUT2D eigenvalue weighted by atomic mass is 32.1. The van der Waals surface area contributed by atoms with Gasteiger partial charge in [0.25, 0.3) is 0 Å². The molecule has 2 aromatic rings. The van der Waals surface area contributed by atoms with Crippen LogP contribution in [0.2, 0.25) is 0 Å². The summed E-state index contributed by atoms with van der Waals surface area (Å²) in [5, 5.41) is 5.80. The number of benzene rings is 1. The summed E-state index contributed by atoms with van der Waals surface area (Å²) in [4.78, 5) is 4.23. The van der Waals surface area contributed by atoms with Gasteiger partial charge in [-0.05, 0) is 24.6 Å². The molecule has 1 aromatic heterocycles. The lowest BCUT2D eigenvalue weighted by Crippen LogP contribution is -2.15. The smallest absolute Gasteiger partial charge is 0.307 e. The van der Waals surface area contributed by atoms with Crippen molar-refractivity contribution in [2.24, 2.45) is 0 Å². The quantitative estimate of drug-likeness (QED) is 0.867. The number of aromatic nitrogens is 1. The number of alkyl halides is 3. The van der Waals surface area contributed by atoms with E-state index >= 15 is 0 Å². The van der Waals surface area contributed by atoms with Gasteiger partial charge in [-0.25, -0.2) is 9.37 Å². The summed E-state index contributed by atoms with van der Waals surface area (Å²) in [6.45, 7) is 2.56. The van der Waals surface area contributed by atoms with Crippen LogP contribution in [0, 0.1) is 12.7 Å². The van der Waals surface area contributed by atoms with E-state index in [1.165, 1.54) is 17.4 Å². The fraction of sp³-hybridized carbons (Fsp3) is 0.308. The second kappa shape index (κ2) is 5.88. The maximum atomic E-state index is 13.1. The normalized spacial score (nSPS) is 11.8. The molecule has 0 amide bonds. The molecule has 1 N–H and O–H groups in total. The molecule has 0 spiro atoms. The molecule has 2 nitrogen and oxygen atoms in total. The Labute approximate surface area is 117 Å². The Morgan fingerprint density at radius 3 is 2.60 bits per heavy atom. The fourth-order valence-corrected chi connectivity index (χ4v) is 2.34. The van der Waals surface area contributed by atoms with Crippen molar-refractivity contribution >= 4 is 11.3 Å². The largest absolute Gasteiger partial charge is 0.419 e. The van der Waals surface area contributed by atoms with Crippen molar-refractivity contribution in [1.82, 2.24) is 10.3 Å². The van der Waals surface area contributed by atoms with E-state index in [9.17, 15) is 17.6 Å². The number of halogens is 4. The van der Waals surface area contributed by atoms with Crippen LogP contribution < -0.4 is 5.32 Å². The van der Waals surface area contributed by atoms with Gasteiger partial charge in [-0.2, -0.15) is 13.2 Å². The molecule has 0 aliphatic carbocycles. The molecular formula is C13H12F4N2S. The van der Waals surface area contributed by atoms with Gasteiger partial charge < -0.3 is 5.32 Å². The van der Waals surface area contributed by atoms with Crippen LogP contribution in [0.25, 0.3) is 0 Å². The van der Waals surface area contributed by atoms with Crippen molar-refractivity contribution in [2.45, 2.75) is 26.2 Å². The fourth-order valence-electron chi connectivity index (χ4n) is 1.72. The molecule has 108 valence electrons. The van der Waals surface area contributed by atoms with Crippen LogP contribution in [-0.2, 0) is 19.3 Å². The number of aryl methyl sites for hydroxylation is 1. The first-order chi connectivity index (χ1) is 9.36. The van der Waals surface area contributed by atoms with E-state index in [1.54, 1.807) is 0 Å². The standard InChI is InChI=1S/C13H12F4N2S/c1-8-19-10(7-20-8)6-18-5-9-2-3-12(14)11(4-9)13(15,16)17/h2-4,7,18H,5-6H2,1H3. The second-order valence-corrected chi connectivity index (χ2v) is 5.34. The number of thiazole rings is 1. The third kappa shape index (κ3) is 3.77. The Morgan fingerprint density at radius 2 is 2.00 bits per heavy atom. The van der Waals surface area contributed by atoms with E-state index in [4.69, 9.17) is 0 Å². The van der Waals surface area contributed by atoms with Crippen LogP contribution in [0.15, 0.2) is 23.6 Å². The minimum Gasteiger partial charge on any atom is -0.307 e. The van der Waals surface area contributed by atoms with Crippen LogP contribution in [0.3, 0.4) is 0 Å². The highest BCUT2D eigenvalue weighted by Crippen LogP contribution is 2.31. The molecule has 1 heterocycles. The highest BCUT2D eigenvalue weighted by Gasteiger charge is 2.34. The Bertz CT molecular complexity index is 592. The lowest BCUT2D eigenvalue weighted by atomic mass is 10.1. The van der Waals surface area contributed by atoms with Gasteiger partial charge in [-0.3, -0.25) is 0 Å². The van der Waals surface area contributed by atoms with Crippen molar-refractivity contribution in [1.29, 1.82) is 0 Å². The molecule has 0 bridgehead atoms. The van der Waals surface area contributed by atoms with Crippen LogP contribution in [0.5, 0.6) is 0 Å². The predicted octanol–water partition coefficient (Wildman–Crippen LogP) is 3.90. The summed E-state index contributed by atoms with van der Waals surface area (Å²) >= 11 is 1.51. The molecule has 0 unspecified atom stereocenters. The van der Waals surface area contributed by atoms with Gasteiger partial charge in [0.2, 0.25) is 0 Å². The van der Waals surface area contributed by atoms with Gasteiger partial charge in [0.15, 0.2) is 0 Å². The first-order valence-corrected chi connectivity index (χ1v) is 6.71. The van der Waals surface area contributed by atoms with Crippen LogP contribution in [0.1, 0.15) is 21.8 Å². The minimum atomic E-state index is -4.67. The molecule has 1 aromatic carbocycles. The van der Waals surface area contributed by atoms with Crippen molar-refractivity contribution in [3.8, 4) is 0 Å². The molecule has 7 heteroatoms. The molecule has 0 saturated heterocycles. The molecule has 2 rings (SSSR count). The van der Waals surface area contributed by atoms with E-state index in [2.05, 4.69) is 10.3 Å². The van der Waals surface area contributed by atoms with Gasteiger partial charge in [-0.15, -0.1) is 11.3 Å². The Balaban J connectivity index is 2.00. The van der Waals surface area contributed by atoms with Gasteiger partial charge >= 0.3 is 6.18 Å². The number of hydrogen-bond donors (Lipinski definition) is 1. The Kier molecular flexibility index (Phi) is 4.39. The average molecular weight is 304 g/mol. The van der Waals surface area contributed by atoms with Crippen molar-refractivity contribution < 1.29 is 17.6 Å². The predicted molar refractivity (Wildman–Crippen MR) is 68.8 cm³/mol. The van der Waals surface area contributed by atoms with Gasteiger partial charge in [0, 0.05) is 18.5 Å². The monoisotopic (exact) mass is 304 g/mol. The number of hydrogen-bond acceptors (Lipinski definition) is 3. The summed E-state index contributed by atoms with van der Waals surface area (Å²) in [6, 6.07) is 3.01. The third-order valence-electron chi connectivity index (χ3n) is 2.64. The van der Waals surface area contributed by atoms with E-state index in [0.717, 1.165) is 22.8 Å². The van der Waals surface area contributed by atoms with Crippen LogP contribution in [0.4, 0.5) is 17.6 Å². The number of nitrogens with zero attached hydrogens (tertiary/aromatic N) is 1. The Hall–Kier alpha value is -1.47. The highest BCUT2D eigenvalue weighted by molar-refractivity contribution is 7.09. The zero-order valence-corrected chi connectivity index (χ0v) is 11.4. The van der Waals surface area contributed by atoms with Crippen LogP contribution >= 0.6 is 11.3 Å². The van der Waals surface area contributed by atoms with E-state index < -0.39 is 17.6 Å². The minimum absolute atomic E-state index is 0.222. The molecule has 0 radical (unpaired) electrons. The summed E-state index contributed by atoms with van der Waals surface area (Å²) in [5.41, 5.74) is -0.0161. The lowest BCUT2D eigenvalue weighted by Gasteiger charge is -2.10. The third-order valence-corrected chi connectivity index (χ3v) is 3.46. The maximum Gasteiger partial charge on any atom is 0.419 e. The van der Waals surface area contributed by atoms with Gasteiger partial charge in [0.05, 0.1) is 16.3 Å². The second-order valence-electron chi connectivity index (χ2n) is 4.27. The van der Waals surface area contributed by atoms with Crippen molar-refractivity contribution in [3.05, 3.63) is 51.2 Å². The van der Waals surface area contributed by atoms with E-state index in [0.29, 0.717) is 12.1 Å². The SMILES string of the molecule is Cc1nc(CNCc2ccc(F)c(C(F)(F)F)c2)cs1. The van der Waals surface area contributed by atoms with Gasteiger partial charge in [-0.1, -0.05) is 6.07 Å². The molecule has 20 heavy (non-hydrogen) atoms. The zero-order chi connectivity index (χ0) is 14.8. The first-order valence-electron chi connectivity index (χ1n) is 5.83. The van der Waals surface area contributed by atoms with E-state index in [-0.39, 0.29) is 6.54 Å². The molecular weight excluding hydrogens is 292 g/mol. The summed E-state index contributed by atoms with van der Waals surface area (Å²) in [7, 11) is 0. The summed E-state index contributed by atoms with van der Waals surface area (Å²) in [5.74, 6) is -1.25. The number of rotatable bonds is 4. The zero-order valence-electron chi connectivity index (χ0n) is 10.6. The summed E-state index contributed by atoms with van der Waals surface area (Å²) in [6.07, 6.45) is -4.67. The average Bonchev–Trinajstić information content (AvgIpc) is 2.76.